The van der Waals surface area contributed by atoms with Gasteiger partial charge in [0.1, 0.15) is 0 Å². The highest BCUT2D eigenvalue weighted by Gasteiger charge is 2.12. The van der Waals surface area contributed by atoms with Crippen LogP contribution >= 0.6 is 0 Å². The first-order valence-corrected chi connectivity index (χ1v) is 7.27. The van der Waals surface area contributed by atoms with E-state index in [4.69, 9.17) is 0 Å². The Bertz CT molecular complexity index is 376. The Kier molecular flexibility index (Phi) is 6.99. The lowest BCUT2D eigenvalue weighted by molar-refractivity contribution is 0.131. The summed E-state index contributed by atoms with van der Waals surface area (Å²) >= 11 is 0. The number of rotatable bonds is 8. The van der Waals surface area contributed by atoms with Crippen molar-refractivity contribution in [3.63, 3.8) is 0 Å². The van der Waals surface area contributed by atoms with Gasteiger partial charge in [-0.05, 0) is 38.2 Å². The normalized spacial score (nSPS) is 14.3. The minimum absolute atomic E-state index is 0.294. The van der Waals surface area contributed by atoms with E-state index in [9.17, 15) is 5.11 Å². The number of nitrogens with one attached hydrogen (secondary N) is 1. The van der Waals surface area contributed by atoms with E-state index in [2.05, 4.69) is 41.4 Å². The maximum Gasteiger partial charge on any atom is 0.0791 e. The Balaban J connectivity index is 2.57. The molecule has 20 heavy (non-hydrogen) atoms. The van der Waals surface area contributed by atoms with Crippen LogP contribution in [0.3, 0.4) is 0 Å². The molecule has 2 N–H and O–H groups in total. The van der Waals surface area contributed by atoms with Gasteiger partial charge in [-0.15, -0.1) is 0 Å². The summed E-state index contributed by atoms with van der Waals surface area (Å²) in [7, 11) is 8.03. The lowest BCUT2D eigenvalue weighted by Gasteiger charge is -2.22. The summed E-state index contributed by atoms with van der Waals surface area (Å²) in [4.78, 5) is 4.10. The van der Waals surface area contributed by atoms with Gasteiger partial charge in [-0.25, -0.2) is 0 Å². The number of benzene rings is 1. The molecule has 0 aliphatic heterocycles. The molecule has 1 rings (SSSR count). The largest absolute Gasteiger partial charge is 0.390 e. The molecule has 0 aliphatic carbocycles. The molecule has 0 amide bonds. The molecule has 0 fully saturated rings. The zero-order valence-electron chi connectivity index (χ0n) is 13.4. The molecule has 0 saturated carbocycles. The van der Waals surface area contributed by atoms with Gasteiger partial charge in [0.2, 0.25) is 0 Å². The number of nitrogens with zero attached hydrogens (tertiary/aromatic N) is 2. The zero-order chi connectivity index (χ0) is 15.1. The van der Waals surface area contributed by atoms with Crippen molar-refractivity contribution >= 4 is 5.69 Å². The maximum absolute atomic E-state index is 9.92. The van der Waals surface area contributed by atoms with Gasteiger partial charge in [0.15, 0.2) is 0 Å². The Labute approximate surface area is 123 Å². The molecule has 0 heterocycles. The summed E-state index contributed by atoms with van der Waals surface area (Å²) in [6.07, 6.45) is 0.677. The van der Waals surface area contributed by atoms with Gasteiger partial charge in [0.25, 0.3) is 0 Å². The van der Waals surface area contributed by atoms with Crippen LogP contribution in [-0.4, -0.2) is 57.4 Å². The van der Waals surface area contributed by atoms with Gasteiger partial charge < -0.3 is 20.2 Å². The smallest absolute Gasteiger partial charge is 0.0791 e. The van der Waals surface area contributed by atoms with Crippen LogP contribution in [0.15, 0.2) is 24.3 Å². The van der Waals surface area contributed by atoms with Crippen LogP contribution in [0, 0.1) is 0 Å². The molecule has 1 aromatic carbocycles. The predicted molar refractivity (Wildman–Crippen MR) is 86.4 cm³/mol. The van der Waals surface area contributed by atoms with Gasteiger partial charge in [-0.2, -0.15) is 0 Å². The number of hydrogen-bond acceptors (Lipinski definition) is 4. The Morgan fingerprint density at radius 2 is 1.70 bits per heavy atom. The first-order chi connectivity index (χ1) is 9.43. The second-order valence-electron chi connectivity index (χ2n) is 5.77. The van der Waals surface area contributed by atoms with E-state index in [0.29, 0.717) is 19.1 Å². The topological polar surface area (TPSA) is 38.7 Å². The van der Waals surface area contributed by atoms with E-state index < -0.39 is 0 Å². The average Bonchev–Trinajstić information content (AvgIpc) is 2.39. The summed E-state index contributed by atoms with van der Waals surface area (Å²) in [6.45, 7) is 3.46. The molecule has 2 atom stereocenters. The Morgan fingerprint density at radius 3 is 2.15 bits per heavy atom. The number of aliphatic hydroxyl groups excluding tert-OH is 1. The molecule has 0 spiro atoms. The molecule has 0 radical (unpaired) electrons. The van der Waals surface area contributed by atoms with Crippen LogP contribution in [0.2, 0.25) is 0 Å². The molecular formula is C16H29N3O. The molecule has 2 unspecified atom stereocenters. The second kappa shape index (κ2) is 8.25. The number of likely N-dealkylation sites (N-methyl/N-ethyl adjacent to an activating group) is 1. The van der Waals surface area contributed by atoms with Crippen LogP contribution in [0.4, 0.5) is 5.69 Å². The highest BCUT2D eigenvalue weighted by molar-refractivity contribution is 5.46. The van der Waals surface area contributed by atoms with Gasteiger partial charge in [-0.3, -0.25) is 0 Å². The molecule has 0 aromatic heterocycles. The highest BCUT2D eigenvalue weighted by atomic mass is 16.3. The van der Waals surface area contributed by atoms with Gasteiger partial charge in [0.05, 0.1) is 6.10 Å². The van der Waals surface area contributed by atoms with Crippen molar-refractivity contribution in [1.82, 2.24) is 10.2 Å². The van der Waals surface area contributed by atoms with Crippen molar-refractivity contribution in [3.8, 4) is 0 Å². The fraction of sp³-hybridized carbons (Fsp3) is 0.625. The monoisotopic (exact) mass is 279 g/mol. The van der Waals surface area contributed by atoms with E-state index in [1.807, 2.05) is 33.1 Å². The summed E-state index contributed by atoms with van der Waals surface area (Å²) in [5.74, 6) is 0. The van der Waals surface area contributed by atoms with E-state index in [0.717, 1.165) is 6.42 Å². The number of hydrogen-bond donors (Lipinski definition) is 2. The summed E-state index contributed by atoms with van der Waals surface area (Å²) in [5.41, 5.74) is 2.48. The summed E-state index contributed by atoms with van der Waals surface area (Å²) < 4.78 is 0. The minimum Gasteiger partial charge on any atom is -0.390 e. The van der Waals surface area contributed by atoms with Crippen LogP contribution in [0.5, 0.6) is 0 Å². The lowest BCUT2D eigenvalue weighted by atomic mass is 10.0. The second-order valence-corrected chi connectivity index (χ2v) is 5.77. The molecule has 1 aromatic rings. The quantitative estimate of drug-likeness (QED) is 0.760. The van der Waals surface area contributed by atoms with Crippen molar-refractivity contribution in [2.45, 2.75) is 25.5 Å². The SMILES string of the molecule is CCC(NCC(O)CN(C)C)c1ccc(N(C)C)cc1. The molecule has 4 heteroatoms. The van der Waals surface area contributed by atoms with Crippen LogP contribution < -0.4 is 10.2 Å². The van der Waals surface area contributed by atoms with Gasteiger partial charge >= 0.3 is 0 Å². The molecular weight excluding hydrogens is 250 g/mol. The third kappa shape index (κ3) is 5.49. The van der Waals surface area contributed by atoms with Gasteiger partial charge in [-0.1, -0.05) is 19.1 Å². The number of anilines is 1. The number of aliphatic hydroxyl groups is 1. The average molecular weight is 279 g/mol. The molecule has 114 valence electrons. The van der Waals surface area contributed by atoms with E-state index in [1.165, 1.54) is 11.3 Å². The van der Waals surface area contributed by atoms with Crippen molar-refractivity contribution in [2.75, 3.05) is 46.2 Å². The molecule has 0 aliphatic rings. The molecule has 0 bridgehead atoms. The minimum atomic E-state index is -0.333. The van der Waals surface area contributed by atoms with Crippen molar-refractivity contribution in [1.29, 1.82) is 0 Å². The maximum atomic E-state index is 9.92. The lowest BCUT2D eigenvalue weighted by Crippen LogP contribution is -2.36. The van der Waals surface area contributed by atoms with Crippen LogP contribution in [0.25, 0.3) is 0 Å². The fourth-order valence-electron chi connectivity index (χ4n) is 2.27. The van der Waals surface area contributed by atoms with E-state index in [-0.39, 0.29) is 6.10 Å². The Hall–Kier alpha value is -1.10. The molecule has 4 nitrogen and oxygen atoms in total. The van der Waals surface area contributed by atoms with E-state index >= 15 is 0 Å². The van der Waals surface area contributed by atoms with Crippen LogP contribution in [-0.2, 0) is 0 Å². The summed E-state index contributed by atoms with van der Waals surface area (Å²) in [5, 5.41) is 13.4. The van der Waals surface area contributed by atoms with Crippen LogP contribution in [0.1, 0.15) is 24.9 Å². The standard InChI is InChI=1S/C16H29N3O/c1-6-16(17-11-15(20)12-18(2)3)13-7-9-14(10-8-13)19(4)5/h7-10,15-17,20H,6,11-12H2,1-5H3. The highest BCUT2D eigenvalue weighted by Crippen LogP contribution is 2.20. The zero-order valence-corrected chi connectivity index (χ0v) is 13.4. The fourth-order valence-corrected chi connectivity index (χ4v) is 2.27. The molecule has 0 saturated heterocycles. The third-order valence-corrected chi connectivity index (χ3v) is 3.40. The van der Waals surface area contributed by atoms with Gasteiger partial charge in [0, 0.05) is 38.9 Å². The van der Waals surface area contributed by atoms with E-state index in [1.54, 1.807) is 0 Å². The first-order valence-electron chi connectivity index (χ1n) is 7.27. The van der Waals surface area contributed by atoms with Crippen molar-refractivity contribution < 1.29 is 5.11 Å². The van der Waals surface area contributed by atoms with Crippen molar-refractivity contribution in [3.05, 3.63) is 29.8 Å². The predicted octanol–water partition coefficient (Wildman–Crippen LogP) is 1.72. The third-order valence-electron chi connectivity index (χ3n) is 3.40. The first kappa shape index (κ1) is 17.0. The van der Waals surface area contributed by atoms with Crippen molar-refractivity contribution in [2.24, 2.45) is 0 Å². The Morgan fingerprint density at radius 1 is 1.10 bits per heavy atom. The summed E-state index contributed by atoms with van der Waals surface area (Å²) in [6, 6.07) is 8.89.